The molecule has 3 nitrogen and oxygen atoms in total. The largest absolute Gasteiger partial charge is 0.483 e. The van der Waals surface area contributed by atoms with Crippen LogP contribution in [0.15, 0.2) is 42.5 Å². The Hall–Kier alpha value is -2.36. The molecule has 3 rings (SSSR count). The van der Waals surface area contributed by atoms with Crippen LogP contribution in [0.3, 0.4) is 0 Å². The summed E-state index contributed by atoms with van der Waals surface area (Å²) >= 11 is 0. The van der Waals surface area contributed by atoms with Gasteiger partial charge in [0.2, 0.25) is 0 Å². The van der Waals surface area contributed by atoms with Crippen LogP contribution in [0.1, 0.15) is 35.6 Å². The van der Waals surface area contributed by atoms with E-state index < -0.39 is 0 Å². The lowest BCUT2D eigenvalue weighted by molar-refractivity contribution is -0.134. The zero-order valence-electron chi connectivity index (χ0n) is 14.1. The third-order valence-electron chi connectivity index (χ3n) is 4.51. The maximum Gasteiger partial charge on any atom is 0.261 e. The van der Waals surface area contributed by atoms with Crippen molar-refractivity contribution >= 4 is 5.91 Å². The molecule has 1 saturated heterocycles. The maximum absolute atomic E-state index is 13.1. The molecule has 4 heteroatoms. The zero-order valence-corrected chi connectivity index (χ0v) is 14.1. The molecule has 0 aromatic heterocycles. The van der Waals surface area contributed by atoms with Gasteiger partial charge in [0.25, 0.3) is 5.91 Å². The summed E-state index contributed by atoms with van der Waals surface area (Å²) in [5, 5.41) is 0. The molecule has 126 valence electrons. The molecule has 0 radical (unpaired) electrons. The van der Waals surface area contributed by atoms with Crippen molar-refractivity contribution < 1.29 is 13.9 Å². The molecule has 2 aromatic carbocycles. The van der Waals surface area contributed by atoms with E-state index in [1.165, 1.54) is 17.7 Å². The predicted molar refractivity (Wildman–Crippen MR) is 91.5 cm³/mol. The van der Waals surface area contributed by atoms with E-state index in [0.29, 0.717) is 0 Å². The van der Waals surface area contributed by atoms with Crippen LogP contribution in [0.4, 0.5) is 4.39 Å². The molecule has 2 aromatic rings. The molecule has 1 atom stereocenters. The van der Waals surface area contributed by atoms with E-state index in [9.17, 15) is 9.18 Å². The molecular formula is C20H22FNO2. The fourth-order valence-electron chi connectivity index (χ4n) is 3.28. The number of carbonyl (C=O) groups is 1. The number of carbonyl (C=O) groups excluding carboxylic acids is 1. The van der Waals surface area contributed by atoms with Gasteiger partial charge >= 0.3 is 0 Å². The van der Waals surface area contributed by atoms with E-state index in [4.69, 9.17) is 4.74 Å². The lowest BCUT2D eigenvalue weighted by Gasteiger charge is -2.25. The van der Waals surface area contributed by atoms with Crippen LogP contribution < -0.4 is 4.74 Å². The van der Waals surface area contributed by atoms with Gasteiger partial charge < -0.3 is 9.64 Å². The van der Waals surface area contributed by atoms with Crippen LogP contribution in [-0.4, -0.2) is 24.0 Å². The second-order valence-electron chi connectivity index (χ2n) is 6.35. The second-order valence-corrected chi connectivity index (χ2v) is 6.35. The molecule has 24 heavy (non-hydrogen) atoms. The molecule has 1 fully saturated rings. The minimum atomic E-state index is -0.257. The summed E-state index contributed by atoms with van der Waals surface area (Å²) in [5.41, 5.74) is 3.18. The molecule has 1 heterocycles. The van der Waals surface area contributed by atoms with Crippen molar-refractivity contribution in [1.82, 2.24) is 4.90 Å². The lowest BCUT2D eigenvalue weighted by atomic mass is 10.0. The number of ether oxygens (including phenoxy) is 1. The van der Waals surface area contributed by atoms with Crippen LogP contribution in [0.5, 0.6) is 5.75 Å². The van der Waals surface area contributed by atoms with Crippen molar-refractivity contribution in [3.05, 3.63) is 65.0 Å². The summed E-state index contributed by atoms with van der Waals surface area (Å²) in [4.78, 5) is 14.4. The Morgan fingerprint density at radius 2 is 1.96 bits per heavy atom. The van der Waals surface area contributed by atoms with Crippen LogP contribution >= 0.6 is 0 Å². The fourth-order valence-corrected chi connectivity index (χ4v) is 3.28. The Labute approximate surface area is 142 Å². The Kier molecular flexibility index (Phi) is 4.84. The number of nitrogens with zero attached hydrogens (tertiary/aromatic N) is 1. The molecular weight excluding hydrogens is 305 g/mol. The normalized spacial score (nSPS) is 17.1. The molecule has 1 unspecified atom stereocenters. The number of rotatable bonds is 4. The van der Waals surface area contributed by atoms with Crippen LogP contribution in [-0.2, 0) is 4.79 Å². The van der Waals surface area contributed by atoms with Gasteiger partial charge in [-0.1, -0.05) is 29.8 Å². The highest BCUT2D eigenvalue weighted by molar-refractivity contribution is 5.78. The molecule has 0 N–H and O–H groups in total. The topological polar surface area (TPSA) is 29.5 Å². The summed E-state index contributed by atoms with van der Waals surface area (Å²) in [6.07, 6.45) is 1.86. The fraction of sp³-hybridized carbons (Fsp3) is 0.350. The number of benzene rings is 2. The number of aryl methyl sites for hydroxylation is 2. The van der Waals surface area contributed by atoms with E-state index >= 15 is 0 Å². The molecule has 1 aliphatic heterocycles. The van der Waals surface area contributed by atoms with Crippen molar-refractivity contribution in [3.8, 4) is 5.75 Å². The average molecular weight is 327 g/mol. The summed E-state index contributed by atoms with van der Waals surface area (Å²) in [5.74, 6) is 0.459. The standard InChI is InChI=1S/C20H22FNO2/c1-14-5-10-19(15(2)12-14)24-13-20(23)22-11-3-4-18(22)16-6-8-17(21)9-7-16/h5-10,12,18H,3-4,11,13H2,1-2H3. The minimum Gasteiger partial charge on any atom is -0.483 e. The van der Waals surface area contributed by atoms with E-state index in [0.717, 1.165) is 36.3 Å². The first-order valence-electron chi connectivity index (χ1n) is 8.29. The third kappa shape index (κ3) is 3.58. The van der Waals surface area contributed by atoms with Gasteiger partial charge in [-0.15, -0.1) is 0 Å². The van der Waals surface area contributed by atoms with Gasteiger partial charge in [0.15, 0.2) is 6.61 Å². The number of hydrogen-bond acceptors (Lipinski definition) is 2. The van der Waals surface area contributed by atoms with Gasteiger partial charge in [0, 0.05) is 6.54 Å². The first kappa shape index (κ1) is 16.5. The molecule has 0 bridgehead atoms. The number of likely N-dealkylation sites (tertiary alicyclic amines) is 1. The highest BCUT2D eigenvalue weighted by Gasteiger charge is 2.30. The minimum absolute atomic E-state index is 0.0146. The van der Waals surface area contributed by atoms with Gasteiger partial charge in [0.1, 0.15) is 11.6 Å². The average Bonchev–Trinajstić information content (AvgIpc) is 3.04. The SMILES string of the molecule is Cc1ccc(OCC(=O)N2CCCC2c2ccc(F)cc2)c(C)c1. The summed E-state index contributed by atoms with van der Waals surface area (Å²) in [7, 11) is 0. The predicted octanol–water partition coefficient (Wildman–Crippen LogP) is 4.19. The summed E-state index contributed by atoms with van der Waals surface area (Å²) < 4.78 is 18.8. The van der Waals surface area contributed by atoms with Crippen LogP contribution in [0, 0.1) is 19.7 Å². The van der Waals surface area contributed by atoms with E-state index in [2.05, 4.69) is 0 Å². The molecule has 1 amide bonds. The molecule has 0 spiro atoms. The zero-order chi connectivity index (χ0) is 17.1. The van der Waals surface area contributed by atoms with Crippen molar-refractivity contribution in [2.75, 3.05) is 13.2 Å². The van der Waals surface area contributed by atoms with Gasteiger partial charge in [0.05, 0.1) is 6.04 Å². The Morgan fingerprint density at radius 3 is 2.67 bits per heavy atom. The third-order valence-corrected chi connectivity index (χ3v) is 4.51. The lowest BCUT2D eigenvalue weighted by Crippen LogP contribution is -2.34. The number of halogens is 1. The smallest absolute Gasteiger partial charge is 0.261 e. The monoisotopic (exact) mass is 327 g/mol. The van der Waals surface area contributed by atoms with Gasteiger partial charge in [-0.2, -0.15) is 0 Å². The van der Waals surface area contributed by atoms with Gasteiger partial charge in [-0.05, 0) is 56.0 Å². The van der Waals surface area contributed by atoms with Crippen molar-refractivity contribution in [1.29, 1.82) is 0 Å². The van der Waals surface area contributed by atoms with Gasteiger partial charge in [-0.3, -0.25) is 4.79 Å². The molecule has 0 aliphatic carbocycles. The van der Waals surface area contributed by atoms with Crippen molar-refractivity contribution in [2.24, 2.45) is 0 Å². The van der Waals surface area contributed by atoms with E-state index in [-0.39, 0.29) is 24.4 Å². The highest BCUT2D eigenvalue weighted by atomic mass is 19.1. The Bertz CT molecular complexity index is 727. The van der Waals surface area contributed by atoms with Crippen LogP contribution in [0.25, 0.3) is 0 Å². The van der Waals surface area contributed by atoms with Crippen molar-refractivity contribution in [2.45, 2.75) is 32.7 Å². The first-order chi connectivity index (χ1) is 11.5. The number of hydrogen-bond donors (Lipinski definition) is 0. The van der Waals surface area contributed by atoms with E-state index in [1.807, 2.05) is 36.9 Å². The summed E-state index contributed by atoms with van der Waals surface area (Å²) in [6.45, 7) is 4.75. The van der Waals surface area contributed by atoms with Crippen LogP contribution in [0.2, 0.25) is 0 Å². The summed E-state index contributed by atoms with van der Waals surface area (Å²) in [6, 6.07) is 12.3. The van der Waals surface area contributed by atoms with Crippen molar-refractivity contribution in [3.63, 3.8) is 0 Å². The maximum atomic E-state index is 13.1. The second kappa shape index (κ2) is 7.04. The number of amides is 1. The molecule has 0 saturated carbocycles. The quantitative estimate of drug-likeness (QED) is 0.843. The van der Waals surface area contributed by atoms with E-state index in [1.54, 1.807) is 12.1 Å². The Morgan fingerprint density at radius 1 is 1.21 bits per heavy atom. The molecule has 1 aliphatic rings. The first-order valence-corrected chi connectivity index (χ1v) is 8.29. The van der Waals surface area contributed by atoms with Gasteiger partial charge in [-0.25, -0.2) is 4.39 Å². The highest BCUT2D eigenvalue weighted by Crippen LogP contribution is 2.32. The Balaban J connectivity index is 1.66.